The van der Waals surface area contributed by atoms with Crippen molar-refractivity contribution in [3.05, 3.63) is 36.4 Å². The van der Waals surface area contributed by atoms with Gasteiger partial charge in [-0.1, -0.05) is 12.1 Å². The van der Waals surface area contributed by atoms with Gasteiger partial charge in [-0.3, -0.25) is 4.79 Å². The Morgan fingerprint density at radius 2 is 2.36 bits per heavy atom. The lowest BCUT2D eigenvalue weighted by Gasteiger charge is -2.33. The molecule has 4 heteroatoms. The summed E-state index contributed by atoms with van der Waals surface area (Å²) in [6.45, 7) is 8.29. The topological polar surface area (TPSA) is 41.6 Å². The van der Waals surface area contributed by atoms with Gasteiger partial charge in [0, 0.05) is 6.54 Å². The van der Waals surface area contributed by atoms with E-state index in [-0.39, 0.29) is 5.91 Å². The monoisotopic (exact) mass is 300 g/mol. The van der Waals surface area contributed by atoms with Gasteiger partial charge in [-0.2, -0.15) is 0 Å². The summed E-state index contributed by atoms with van der Waals surface area (Å²) in [6, 6.07) is 6.24. The smallest absolute Gasteiger partial charge is 0.268 e. The molecule has 118 valence electrons. The molecule has 0 spiro atoms. The van der Waals surface area contributed by atoms with Gasteiger partial charge in [0.25, 0.3) is 5.91 Å². The minimum atomic E-state index is -0.430. The largest absolute Gasteiger partial charge is 0.479 e. The van der Waals surface area contributed by atoms with Gasteiger partial charge in [0.2, 0.25) is 0 Å². The number of hydrogen-bond acceptors (Lipinski definition) is 3. The highest BCUT2D eigenvalue weighted by atomic mass is 16.5. The summed E-state index contributed by atoms with van der Waals surface area (Å²) in [5.41, 5.74) is 2.15. The summed E-state index contributed by atoms with van der Waals surface area (Å²) in [5.74, 6) is 1.47. The van der Waals surface area contributed by atoms with Crippen molar-refractivity contribution in [1.29, 1.82) is 0 Å². The van der Waals surface area contributed by atoms with Crippen molar-refractivity contribution in [2.45, 2.75) is 32.3 Å². The van der Waals surface area contributed by atoms with Crippen molar-refractivity contribution >= 4 is 11.6 Å². The molecule has 0 saturated carbocycles. The Kier molecular flexibility index (Phi) is 4.48. The van der Waals surface area contributed by atoms with E-state index in [1.807, 2.05) is 6.07 Å². The van der Waals surface area contributed by atoms with Crippen LogP contribution in [0.25, 0.3) is 0 Å². The van der Waals surface area contributed by atoms with E-state index < -0.39 is 6.10 Å². The normalized spacial score (nSPS) is 24.6. The number of carbonyl (C=O) groups excluding carboxylic acids is 1. The minimum absolute atomic E-state index is 0.00360. The molecule has 1 amide bonds. The van der Waals surface area contributed by atoms with Crippen molar-refractivity contribution in [2.24, 2.45) is 5.92 Å². The molecule has 0 aromatic heterocycles. The van der Waals surface area contributed by atoms with Crippen LogP contribution in [0.1, 0.15) is 25.3 Å². The molecular formula is C18H24N2O2. The number of piperidine rings is 1. The van der Waals surface area contributed by atoms with Gasteiger partial charge in [-0.05, 0) is 62.9 Å². The maximum absolute atomic E-state index is 12.3. The zero-order valence-corrected chi connectivity index (χ0v) is 13.2. The maximum Gasteiger partial charge on any atom is 0.268 e. The molecule has 2 heterocycles. The predicted octanol–water partition coefficient (Wildman–Crippen LogP) is 2.53. The van der Waals surface area contributed by atoms with Crippen molar-refractivity contribution in [3.63, 3.8) is 0 Å². The molecule has 22 heavy (non-hydrogen) atoms. The number of carbonyl (C=O) groups is 1. The third-order valence-corrected chi connectivity index (χ3v) is 4.47. The summed E-state index contributed by atoms with van der Waals surface area (Å²) in [5, 5.41) is 3.46. The van der Waals surface area contributed by atoms with Gasteiger partial charge in [-0.15, -0.1) is 6.58 Å². The molecule has 3 rings (SSSR count). The zero-order chi connectivity index (χ0) is 15.5. The fraction of sp³-hybridized carbons (Fsp3) is 0.500. The highest BCUT2D eigenvalue weighted by molar-refractivity contribution is 6.00. The van der Waals surface area contributed by atoms with E-state index in [9.17, 15) is 4.79 Å². The van der Waals surface area contributed by atoms with Crippen LogP contribution in [-0.4, -0.2) is 31.6 Å². The summed E-state index contributed by atoms with van der Waals surface area (Å²) in [4.78, 5) is 14.1. The molecule has 2 atom stereocenters. The first-order valence-electron chi connectivity index (χ1n) is 8.11. The van der Waals surface area contributed by atoms with Crippen molar-refractivity contribution in [1.82, 2.24) is 5.32 Å². The Labute approximate surface area is 132 Å². The fourth-order valence-corrected chi connectivity index (χ4v) is 3.33. The lowest BCUT2D eigenvalue weighted by Crippen LogP contribution is -2.44. The molecule has 1 aromatic carbocycles. The van der Waals surface area contributed by atoms with Gasteiger partial charge in [0.15, 0.2) is 6.10 Å². The molecule has 4 nitrogen and oxygen atoms in total. The number of ether oxygens (including phenoxy) is 1. The number of anilines is 1. The number of amides is 1. The van der Waals surface area contributed by atoms with Gasteiger partial charge in [0.1, 0.15) is 5.75 Å². The van der Waals surface area contributed by atoms with Gasteiger partial charge < -0.3 is 15.0 Å². The van der Waals surface area contributed by atoms with Crippen LogP contribution in [0, 0.1) is 5.92 Å². The van der Waals surface area contributed by atoms with Crippen molar-refractivity contribution < 1.29 is 9.53 Å². The van der Waals surface area contributed by atoms with Crippen LogP contribution in [0.15, 0.2) is 30.9 Å². The Morgan fingerprint density at radius 3 is 3.09 bits per heavy atom. The molecule has 1 aromatic rings. The molecule has 0 aliphatic carbocycles. The summed E-state index contributed by atoms with van der Waals surface area (Å²) < 4.78 is 5.73. The van der Waals surface area contributed by atoms with E-state index in [1.54, 1.807) is 17.9 Å². The van der Waals surface area contributed by atoms with E-state index in [0.29, 0.717) is 12.5 Å². The lowest BCUT2D eigenvalue weighted by molar-refractivity contribution is -0.125. The number of rotatable bonds is 4. The quantitative estimate of drug-likeness (QED) is 0.869. The van der Waals surface area contributed by atoms with E-state index in [0.717, 1.165) is 30.9 Å². The molecule has 1 fully saturated rings. The van der Waals surface area contributed by atoms with Crippen LogP contribution in [0.5, 0.6) is 5.75 Å². The number of benzene rings is 1. The van der Waals surface area contributed by atoms with Gasteiger partial charge in [-0.25, -0.2) is 0 Å². The van der Waals surface area contributed by atoms with Gasteiger partial charge >= 0.3 is 0 Å². The summed E-state index contributed by atoms with van der Waals surface area (Å²) in [7, 11) is 0. The highest BCUT2D eigenvalue weighted by Crippen LogP contribution is 2.35. The molecule has 0 radical (unpaired) electrons. The van der Waals surface area contributed by atoms with E-state index in [4.69, 9.17) is 4.74 Å². The zero-order valence-electron chi connectivity index (χ0n) is 13.2. The number of hydrogen-bond donors (Lipinski definition) is 1. The van der Waals surface area contributed by atoms with Crippen LogP contribution in [0.3, 0.4) is 0 Å². The number of nitrogens with one attached hydrogen (secondary N) is 1. The standard InChI is InChI=1S/C18H24N2O2/c1-3-9-20-16-11-14(10-15-5-4-8-19-12-15)6-7-17(16)22-13(2)18(20)21/h3,6-7,11,13,15,19H,1,4-5,8-10,12H2,2H3. The average Bonchev–Trinajstić information content (AvgIpc) is 2.53. The lowest BCUT2D eigenvalue weighted by atomic mass is 9.92. The molecule has 1 N–H and O–H groups in total. The minimum Gasteiger partial charge on any atom is -0.479 e. The second kappa shape index (κ2) is 6.53. The van der Waals surface area contributed by atoms with Crippen LogP contribution in [-0.2, 0) is 11.2 Å². The van der Waals surface area contributed by atoms with Crippen LogP contribution in [0.4, 0.5) is 5.69 Å². The summed E-state index contributed by atoms with van der Waals surface area (Å²) >= 11 is 0. The van der Waals surface area contributed by atoms with Gasteiger partial charge in [0.05, 0.1) is 5.69 Å². The maximum atomic E-state index is 12.3. The summed E-state index contributed by atoms with van der Waals surface area (Å²) in [6.07, 6.45) is 4.90. The van der Waals surface area contributed by atoms with E-state index in [1.165, 1.54) is 18.4 Å². The van der Waals surface area contributed by atoms with Crippen molar-refractivity contribution in [2.75, 3.05) is 24.5 Å². The van der Waals surface area contributed by atoms with Crippen molar-refractivity contribution in [3.8, 4) is 5.75 Å². The molecular weight excluding hydrogens is 276 g/mol. The van der Waals surface area contributed by atoms with Crippen LogP contribution >= 0.6 is 0 Å². The Hall–Kier alpha value is -1.81. The molecule has 0 bridgehead atoms. The Balaban J connectivity index is 1.84. The molecule has 1 saturated heterocycles. The Morgan fingerprint density at radius 1 is 1.50 bits per heavy atom. The highest BCUT2D eigenvalue weighted by Gasteiger charge is 2.31. The first-order chi connectivity index (χ1) is 10.7. The number of nitrogens with zero attached hydrogens (tertiary/aromatic N) is 1. The van der Waals surface area contributed by atoms with Crippen LogP contribution in [0.2, 0.25) is 0 Å². The fourth-order valence-electron chi connectivity index (χ4n) is 3.33. The number of fused-ring (bicyclic) bond motifs is 1. The third-order valence-electron chi connectivity index (χ3n) is 4.47. The third kappa shape index (κ3) is 3.02. The SMILES string of the molecule is C=CCN1C(=O)C(C)Oc2ccc(CC3CCCNC3)cc21. The van der Waals surface area contributed by atoms with E-state index >= 15 is 0 Å². The molecule has 2 aliphatic heterocycles. The predicted molar refractivity (Wildman–Crippen MR) is 88.4 cm³/mol. The average molecular weight is 300 g/mol. The first-order valence-corrected chi connectivity index (χ1v) is 8.11. The first kappa shape index (κ1) is 15.1. The second-order valence-corrected chi connectivity index (χ2v) is 6.22. The molecule has 2 unspecified atom stereocenters. The second-order valence-electron chi connectivity index (χ2n) is 6.22. The van der Waals surface area contributed by atoms with Crippen LogP contribution < -0.4 is 15.0 Å². The molecule has 2 aliphatic rings. The van der Waals surface area contributed by atoms with E-state index in [2.05, 4.69) is 24.0 Å². The Bertz CT molecular complexity index is 564.